The first-order chi connectivity index (χ1) is 14.6. The minimum atomic E-state index is -2.82. The molecule has 0 bridgehead atoms. The minimum Gasteiger partial charge on any atom is -0.435 e. The Balaban J connectivity index is 0.00000341. The largest absolute Gasteiger partial charge is 0.435 e. The van der Waals surface area contributed by atoms with Crippen LogP contribution in [-0.4, -0.2) is 62.9 Å². The number of nitrogens with one attached hydrogen (secondary N) is 1. The van der Waals surface area contributed by atoms with Gasteiger partial charge < -0.3 is 24.6 Å². The van der Waals surface area contributed by atoms with Gasteiger partial charge in [0, 0.05) is 52.0 Å². The maximum absolute atomic E-state index is 12.3. The predicted molar refractivity (Wildman–Crippen MR) is 127 cm³/mol. The van der Waals surface area contributed by atoms with Crippen LogP contribution in [0.4, 0.5) is 14.6 Å². The van der Waals surface area contributed by atoms with Crippen LogP contribution < -0.4 is 15.0 Å². The summed E-state index contributed by atoms with van der Waals surface area (Å²) in [5, 5.41) is 3.38. The molecule has 31 heavy (non-hydrogen) atoms. The molecule has 0 unspecified atom stereocenters. The predicted octanol–water partition coefficient (Wildman–Crippen LogP) is 3.35. The first-order valence-corrected chi connectivity index (χ1v) is 9.79. The number of rotatable bonds is 7. The zero-order valence-electron chi connectivity index (χ0n) is 17.6. The highest BCUT2D eigenvalue weighted by atomic mass is 127. The maximum atomic E-state index is 12.3. The zero-order chi connectivity index (χ0) is 21.3. The number of pyridine rings is 1. The number of benzene rings is 1. The lowest BCUT2D eigenvalue weighted by Gasteiger charge is -2.30. The van der Waals surface area contributed by atoms with Gasteiger partial charge in [-0.3, -0.25) is 4.99 Å². The summed E-state index contributed by atoms with van der Waals surface area (Å²) in [6, 6.07) is 10.6. The third-order valence-corrected chi connectivity index (χ3v) is 4.76. The summed E-state index contributed by atoms with van der Waals surface area (Å²) in [6.45, 7) is 1.38. The number of guanidine groups is 1. The number of ether oxygens (including phenoxy) is 2. The maximum Gasteiger partial charge on any atom is 0.387 e. The Kier molecular flexibility index (Phi) is 10.2. The van der Waals surface area contributed by atoms with Gasteiger partial charge in [-0.05, 0) is 23.8 Å². The van der Waals surface area contributed by atoms with E-state index in [0.717, 1.165) is 36.0 Å². The Hall–Kier alpha value is -2.21. The van der Waals surface area contributed by atoms with E-state index in [1.54, 1.807) is 25.4 Å². The quantitative estimate of drug-likeness (QED) is 0.326. The molecule has 1 saturated heterocycles. The van der Waals surface area contributed by atoms with Crippen LogP contribution in [0.1, 0.15) is 11.1 Å². The van der Waals surface area contributed by atoms with E-state index in [-0.39, 0.29) is 29.7 Å². The molecule has 1 aromatic heterocycles. The number of alkyl halides is 2. The molecule has 170 valence electrons. The van der Waals surface area contributed by atoms with Crippen molar-refractivity contribution < 1.29 is 18.3 Å². The van der Waals surface area contributed by atoms with Crippen LogP contribution in [0.3, 0.4) is 0 Å². The van der Waals surface area contributed by atoms with Gasteiger partial charge in [-0.1, -0.05) is 18.2 Å². The van der Waals surface area contributed by atoms with Crippen molar-refractivity contribution in [2.75, 3.05) is 45.3 Å². The Morgan fingerprint density at radius 3 is 2.61 bits per heavy atom. The molecule has 3 rings (SSSR count). The second kappa shape index (κ2) is 12.6. The van der Waals surface area contributed by atoms with E-state index >= 15 is 0 Å². The number of hydrogen-bond acceptors (Lipinski definition) is 5. The Morgan fingerprint density at radius 1 is 1.26 bits per heavy atom. The highest BCUT2D eigenvalue weighted by Crippen LogP contribution is 2.19. The van der Waals surface area contributed by atoms with Gasteiger partial charge in [-0.25, -0.2) is 4.98 Å². The van der Waals surface area contributed by atoms with Gasteiger partial charge in [0.2, 0.25) is 0 Å². The van der Waals surface area contributed by atoms with E-state index in [4.69, 9.17) is 4.74 Å². The minimum absolute atomic E-state index is 0. The average Bonchev–Trinajstić information content (AvgIpc) is 2.76. The molecule has 2 heterocycles. The van der Waals surface area contributed by atoms with E-state index in [2.05, 4.69) is 31.0 Å². The molecule has 0 amide bonds. The van der Waals surface area contributed by atoms with Crippen molar-refractivity contribution in [1.82, 2.24) is 15.2 Å². The summed E-state index contributed by atoms with van der Waals surface area (Å²) < 4.78 is 34.4. The third kappa shape index (κ3) is 7.46. The Labute approximate surface area is 198 Å². The molecule has 1 fully saturated rings. The zero-order valence-corrected chi connectivity index (χ0v) is 20.0. The summed E-state index contributed by atoms with van der Waals surface area (Å²) in [5.74, 6) is 1.83. The second-order valence-electron chi connectivity index (χ2n) is 6.86. The fourth-order valence-electron chi connectivity index (χ4n) is 3.31. The van der Waals surface area contributed by atoms with Crippen LogP contribution in [0.5, 0.6) is 5.75 Å². The lowest BCUT2D eigenvalue weighted by Crippen LogP contribution is -2.40. The third-order valence-electron chi connectivity index (χ3n) is 4.76. The molecule has 7 nitrogen and oxygen atoms in total. The monoisotopic (exact) mass is 547 g/mol. The van der Waals surface area contributed by atoms with Crippen LogP contribution in [0, 0.1) is 0 Å². The van der Waals surface area contributed by atoms with Crippen molar-refractivity contribution in [3.8, 4) is 5.75 Å². The summed E-state index contributed by atoms with van der Waals surface area (Å²) in [4.78, 5) is 13.1. The van der Waals surface area contributed by atoms with Gasteiger partial charge >= 0.3 is 6.61 Å². The molecule has 0 atom stereocenters. The van der Waals surface area contributed by atoms with Crippen LogP contribution in [0.25, 0.3) is 0 Å². The van der Waals surface area contributed by atoms with Gasteiger partial charge in [0.05, 0.1) is 13.2 Å². The number of aromatic nitrogens is 1. The van der Waals surface area contributed by atoms with Crippen molar-refractivity contribution in [1.29, 1.82) is 0 Å². The van der Waals surface area contributed by atoms with Crippen LogP contribution in [0.15, 0.2) is 47.6 Å². The normalized spacial score (nSPS) is 14.2. The van der Waals surface area contributed by atoms with Gasteiger partial charge in [-0.15, -0.1) is 24.0 Å². The van der Waals surface area contributed by atoms with Crippen LogP contribution in [-0.2, 0) is 17.8 Å². The lowest BCUT2D eigenvalue weighted by molar-refractivity contribution is -0.0498. The molecular formula is C21H28F2IN5O2. The van der Waals surface area contributed by atoms with Crippen LogP contribution in [0.2, 0.25) is 0 Å². The van der Waals surface area contributed by atoms with Gasteiger partial charge in [-0.2, -0.15) is 8.78 Å². The Bertz CT molecular complexity index is 833. The Morgan fingerprint density at radius 2 is 1.97 bits per heavy atom. The van der Waals surface area contributed by atoms with E-state index in [9.17, 15) is 8.78 Å². The highest BCUT2D eigenvalue weighted by molar-refractivity contribution is 14.0. The van der Waals surface area contributed by atoms with Crippen molar-refractivity contribution >= 4 is 35.8 Å². The van der Waals surface area contributed by atoms with E-state index < -0.39 is 6.61 Å². The summed E-state index contributed by atoms with van der Waals surface area (Å²) >= 11 is 0. The number of nitrogens with zero attached hydrogens (tertiary/aromatic N) is 4. The van der Waals surface area contributed by atoms with Gasteiger partial charge in [0.15, 0.2) is 5.96 Å². The molecule has 10 heteroatoms. The van der Waals surface area contributed by atoms with Crippen molar-refractivity contribution in [2.24, 2.45) is 4.99 Å². The fourth-order valence-corrected chi connectivity index (χ4v) is 3.31. The highest BCUT2D eigenvalue weighted by Gasteiger charge is 2.16. The van der Waals surface area contributed by atoms with Crippen molar-refractivity contribution in [2.45, 2.75) is 19.7 Å². The molecule has 1 aromatic carbocycles. The van der Waals surface area contributed by atoms with Crippen molar-refractivity contribution in [3.63, 3.8) is 0 Å². The molecule has 1 aliphatic heterocycles. The molecular weight excluding hydrogens is 519 g/mol. The summed E-state index contributed by atoms with van der Waals surface area (Å²) in [7, 11) is 3.65. The first-order valence-electron chi connectivity index (χ1n) is 9.79. The molecule has 0 saturated carbocycles. The molecule has 1 aliphatic rings. The number of hydrogen-bond donors (Lipinski definition) is 1. The molecule has 0 spiro atoms. The van der Waals surface area contributed by atoms with Crippen molar-refractivity contribution in [3.05, 3.63) is 53.7 Å². The summed E-state index contributed by atoms with van der Waals surface area (Å²) in [5.41, 5.74) is 2.04. The molecule has 2 aromatic rings. The number of anilines is 1. The first kappa shape index (κ1) is 25.1. The van der Waals surface area contributed by atoms with E-state index in [1.165, 1.54) is 12.1 Å². The molecule has 1 N–H and O–H groups in total. The lowest BCUT2D eigenvalue weighted by atomic mass is 10.2. The molecule has 0 aliphatic carbocycles. The van der Waals surface area contributed by atoms with Gasteiger partial charge in [0.25, 0.3) is 0 Å². The number of morpholine rings is 1. The SMILES string of the molecule is CN=C(NCc1cccnc1N1CCOCC1)N(C)Cc1ccc(OC(F)F)cc1.I. The average molecular weight is 547 g/mol. The topological polar surface area (TPSA) is 62.2 Å². The van der Waals surface area contributed by atoms with Gasteiger partial charge in [0.1, 0.15) is 11.6 Å². The fraction of sp³-hybridized carbons (Fsp3) is 0.429. The smallest absolute Gasteiger partial charge is 0.387 e. The van der Waals surface area contributed by atoms with E-state index in [0.29, 0.717) is 26.3 Å². The second-order valence-corrected chi connectivity index (χ2v) is 6.86. The summed E-state index contributed by atoms with van der Waals surface area (Å²) in [6.07, 6.45) is 1.80. The van der Waals surface area contributed by atoms with Crippen LogP contribution >= 0.6 is 24.0 Å². The number of halogens is 3. The number of aliphatic imine (C=N–C) groups is 1. The van der Waals surface area contributed by atoms with E-state index in [1.807, 2.05) is 18.0 Å². The molecule has 0 radical (unpaired) electrons. The standard InChI is InChI=1S/C21H27F2N5O2.HI/c1-24-21(27(2)15-16-5-7-18(8-6-16)30-20(22)23)26-14-17-4-3-9-25-19(17)28-10-12-29-13-11-28;/h3-9,20H,10-15H2,1-2H3,(H,24,26);1H.